The molecule has 18 heavy (non-hydrogen) atoms. The maximum atomic E-state index is 11.1. The minimum absolute atomic E-state index is 0.0934. The molecule has 0 spiro atoms. The Bertz CT molecular complexity index is 447. The van der Waals surface area contributed by atoms with Gasteiger partial charge in [-0.3, -0.25) is 9.69 Å². The maximum absolute atomic E-state index is 11.1. The minimum Gasteiger partial charge on any atom is -0.481 e. The first-order valence-electron chi connectivity index (χ1n) is 5.98. The lowest BCUT2D eigenvalue weighted by Crippen LogP contribution is -2.28. The summed E-state index contributed by atoms with van der Waals surface area (Å²) in [5.41, 5.74) is 0.898. The van der Waals surface area contributed by atoms with Gasteiger partial charge in [0.2, 0.25) is 0 Å². The summed E-state index contributed by atoms with van der Waals surface area (Å²) in [7, 11) is 0. The van der Waals surface area contributed by atoms with Gasteiger partial charge >= 0.3 is 5.97 Å². The highest BCUT2D eigenvalue weighted by Crippen LogP contribution is 2.34. The first-order valence-corrected chi connectivity index (χ1v) is 7.16. The van der Waals surface area contributed by atoms with Gasteiger partial charge in [0, 0.05) is 15.5 Å². The molecule has 1 unspecified atom stereocenters. The quantitative estimate of drug-likeness (QED) is 0.913. The van der Waals surface area contributed by atoms with Crippen LogP contribution in [0.15, 0.2) is 22.7 Å². The molecule has 1 heterocycles. The van der Waals surface area contributed by atoms with Crippen LogP contribution in [0.4, 0.5) is 0 Å². The fourth-order valence-electron chi connectivity index (χ4n) is 2.42. The molecule has 5 heteroatoms. The summed E-state index contributed by atoms with van der Waals surface area (Å²) in [5, 5.41) is 9.72. The van der Waals surface area contributed by atoms with Crippen LogP contribution in [0, 0.1) is 0 Å². The third-order valence-electron chi connectivity index (χ3n) is 3.27. The van der Waals surface area contributed by atoms with Gasteiger partial charge in [0.05, 0.1) is 6.42 Å². The SMILES string of the molecule is O=C(O)CC(c1cc(Br)ccc1Cl)N1CCCC1. The highest BCUT2D eigenvalue weighted by Gasteiger charge is 2.27. The van der Waals surface area contributed by atoms with Crippen molar-refractivity contribution in [2.75, 3.05) is 13.1 Å². The number of halogens is 2. The van der Waals surface area contributed by atoms with E-state index < -0.39 is 5.97 Å². The number of likely N-dealkylation sites (tertiary alicyclic amines) is 1. The monoisotopic (exact) mass is 331 g/mol. The predicted octanol–water partition coefficient (Wildman–Crippen LogP) is 3.71. The lowest BCUT2D eigenvalue weighted by Gasteiger charge is -2.27. The number of hydrogen-bond donors (Lipinski definition) is 1. The molecule has 0 saturated carbocycles. The second kappa shape index (κ2) is 6.04. The zero-order valence-corrected chi connectivity index (χ0v) is 12.2. The number of benzene rings is 1. The summed E-state index contributed by atoms with van der Waals surface area (Å²) in [6.07, 6.45) is 2.35. The van der Waals surface area contributed by atoms with Crippen LogP contribution in [0.2, 0.25) is 5.02 Å². The molecule has 1 saturated heterocycles. The van der Waals surface area contributed by atoms with E-state index in [1.165, 1.54) is 0 Å². The Hall–Kier alpha value is -0.580. The maximum Gasteiger partial charge on any atom is 0.305 e. The van der Waals surface area contributed by atoms with E-state index in [0.717, 1.165) is 36.0 Å². The van der Waals surface area contributed by atoms with Crippen molar-refractivity contribution in [1.82, 2.24) is 4.90 Å². The predicted molar refractivity (Wildman–Crippen MR) is 75.0 cm³/mol. The van der Waals surface area contributed by atoms with Crippen molar-refractivity contribution in [2.45, 2.75) is 25.3 Å². The Labute approximate surface area is 120 Å². The van der Waals surface area contributed by atoms with E-state index in [1.54, 1.807) is 0 Å². The Morgan fingerprint density at radius 2 is 2.11 bits per heavy atom. The second-order valence-corrected chi connectivity index (χ2v) is 5.85. The molecular weight excluding hydrogens is 318 g/mol. The molecular formula is C13H15BrClNO2. The van der Waals surface area contributed by atoms with Crippen LogP contribution >= 0.6 is 27.5 Å². The van der Waals surface area contributed by atoms with Crippen LogP contribution in [0.3, 0.4) is 0 Å². The lowest BCUT2D eigenvalue weighted by molar-refractivity contribution is -0.138. The fraction of sp³-hybridized carbons (Fsp3) is 0.462. The average Bonchev–Trinajstić information content (AvgIpc) is 2.82. The summed E-state index contributed by atoms with van der Waals surface area (Å²) in [6, 6.07) is 5.48. The van der Waals surface area contributed by atoms with E-state index in [0.29, 0.717) is 5.02 Å². The van der Waals surface area contributed by atoms with Crippen LogP contribution in [0.1, 0.15) is 30.9 Å². The third-order valence-corrected chi connectivity index (χ3v) is 4.10. The molecule has 3 nitrogen and oxygen atoms in total. The molecule has 1 fully saturated rings. The van der Waals surface area contributed by atoms with Crippen LogP contribution in [-0.2, 0) is 4.79 Å². The molecule has 1 aliphatic rings. The lowest BCUT2D eigenvalue weighted by atomic mass is 10.0. The van der Waals surface area contributed by atoms with Gasteiger partial charge in [-0.05, 0) is 49.7 Å². The molecule has 1 N–H and O–H groups in total. The zero-order chi connectivity index (χ0) is 13.1. The summed E-state index contributed by atoms with van der Waals surface area (Å²) in [4.78, 5) is 13.3. The Balaban J connectivity index is 2.31. The molecule has 0 aliphatic carbocycles. The first-order chi connectivity index (χ1) is 8.58. The van der Waals surface area contributed by atoms with Gasteiger partial charge in [-0.25, -0.2) is 0 Å². The summed E-state index contributed by atoms with van der Waals surface area (Å²) < 4.78 is 0.927. The number of rotatable bonds is 4. The Morgan fingerprint density at radius 3 is 2.72 bits per heavy atom. The molecule has 1 aromatic rings. The van der Waals surface area contributed by atoms with Gasteiger partial charge in [0.25, 0.3) is 0 Å². The van der Waals surface area contributed by atoms with E-state index >= 15 is 0 Å². The van der Waals surface area contributed by atoms with Gasteiger partial charge in [0.15, 0.2) is 0 Å². The molecule has 0 radical (unpaired) electrons. The average molecular weight is 333 g/mol. The van der Waals surface area contributed by atoms with Crippen LogP contribution in [0.5, 0.6) is 0 Å². The van der Waals surface area contributed by atoms with Crippen molar-refractivity contribution in [2.24, 2.45) is 0 Å². The summed E-state index contributed by atoms with van der Waals surface area (Å²) in [5.74, 6) is -0.789. The number of aliphatic carboxylic acids is 1. The number of carboxylic acids is 1. The summed E-state index contributed by atoms with van der Waals surface area (Å²) in [6.45, 7) is 1.89. The minimum atomic E-state index is -0.789. The van der Waals surface area contributed by atoms with Crippen molar-refractivity contribution in [3.05, 3.63) is 33.3 Å². The topological polar surface area (TPSA) is 40.5 Å². The van der Waals surface area contributed by atoms with E-state index in [2.05, 4.69) is 20.8 Å². The molecule has 0 aromatic heterocycles. The van der Waals surface area contributed by atoms with E-state index in [4.69, 9.17) is 16.7 Å². The number of nitrogens with zero attached hydrogens (tertiary/aromatic N) is 1. The molecule has 1 aliphatic heterocycles. The molecule has 0 amide bonds. The third kappa shape index (κ3) is 3.25. The van der Waals surface area contributed by atoms with Gasteiger partial charge in [-0.1, -0.05) is 27.5 Å². The number of carboxylic acid groups (broad SMARTS) is 1. The Morgan fingerprint density at radius 1 is 1.44 bits per heavy atom. The van der Waals surface area contributed by atoms with Gasteiger partial charge in [0.1, 0.15) is 0 Å². The van der Waals surface area contributed by atoms with E-state index in [-0.39, 0.29) is 12.5 Å². The smallest absolute Gasteiger partial charge is 0.305 e. The Kier molecular flexibility index (Phi) is 4.65. The van der Waals surface area contributed by atoms with Gasteiger partial charge < -0.3 is 5.11 Å². The standard InChI is InChI=1S/C13H15BrClNO2/c14-9-3-4-11(15)10(7-9)12(8-13(17)18)16-5-1-2-6-16/h3-4,7,12H,1-2,5-6,8H2,(H,17,18). The number of carbonyl (C=O) groups is 1. The highest BCUT2D eigenvalue weighted by molar-refractivity contribution is 9.10. The van der Waals surface area contributed by atoms with Gasteiger partial charge in [-0.2, -0.15) is 0 Å². The van der Waals surface area contributed by atoms with Crippen molar-refractivity contribution < 1.29 is 9.90 Å². The molecule has 0 bridgehead atoms. The van der Waals surface area contributed by atoms with Crippen LogP contribution in [0.25, 0.3) is 0 Å². The summed E-state index contributed by atoms with van der Waals surface area (Å²) >= 11 is 9.63. The van der Waals surface area contributed by atoms with Crippen LogP contribution < -0.4 is 0 Å². The van der Waals surface area contributed by atoms with E-state index in [9.17, 15) is 4.79 Å². The second-order valence-electron chi connectivity index (χ2n) is 4.52. The van der Waals surface area contributed by atoms with Crippen molar-refractivity contribution in [3.63, 3.8) is 0 Å². The molecule has 1 atom stereocenters. The van der Waals surface area contributed by atoms with Gasteiger partial charge in [-0.15, -0.1) is 0 Å². The number of hydrogen-bond acceptors (Lipinski definition) is 2. The van der Waals surface area contributed by atoms with Crippen molar-refractivity contribution in [1.29, 1.82) is 0 Å². The fourth-order valence-corrected chi connectivity index (χ4v) is 3.05. The van der Waals surface area contributed by atoms with Crippen LogP contribution in [-0.4, -0.2) is 29.1 Å². The van der Waals surface area contributed by atoms with Crippen molar-refractivity contribution >= 4 is 33.5 Å². The largest absolute Gasteiger partial charge is 0.481 e. The molecule has 1 aromatic carbocycles. The molecule has 2 rings (SSSR count). The highest BCUT2D eigenvalue weighted by atomic mass is 79.9. The normalized spacial score (nSPS) is 17.9. The molecule has 98 valence electrons. The van der Waals surface area contributed by atoms with E-state index in [1.807, 2.05) is 18.2 Å². The first kappa shape index (κ1) is 13.8. The van der Waals surface area contributed by atoms with Crippen molar-refractivity contribution in [3.8, 4) is 0 Å². The zero-order valence-electron chi connectivity index (χ0n) is 9.90.